The topological polar surface area (TPSA) is 34.8 Å². The van der Waals surface area contributed by atoms with Crippen LogP contribution in [0.5, 0.6) is 0 Å². The molecule has 2 N–H and O–H groups in total. The molecule has 1 aromatic rings. The van der Waals surface area contributed by atoms with E-state index in [-0.39, 0.29) is 24.1 Å². The predicted molar refractivity (Wildman–Crippen MR) is 39.4 cm³/mol. The Kier molecular flexibility index (Phi) is 4.29. The van der Waals surface area contributed by atoms with Crippen LogP contribution in [0.2, 0.25) is 0 Å². The van der Waals surface area contributed by atoms with Gasteiger partial charge in [-0.2, -0.15) is 0 Å². The van der Waals surface area contributed by atoms with Gasteiger partial charge in [0, 0.05) is 0 Å². The fourth-order valence-electron chi connectivity index (χ4n) is 0.771. The normalized spacial score (nSPS) is 8.50. The van der Waals surface area contributed by atoms with E-state index in [2.05, 4.69) is 4.74 Å². The van der Waals surface area contributed by atoms with Crippen molar-refractivity contribution in [3.63, 3.8) is 0 Å². The molecule has 0 saturated carbocycles. The van der Waals surface area contributed by atoms with Crippen LogP contribution in [-0.2, 0) is 4.74 Å². The maximum atomic E-state index is 12.8. The zero-order chi connectivity index (χ0) is 8.27. The molecular weight excluding hydrogens is 181 g/mol. The van der Waals surface area contributed by atoms with Gasteiger partial charge in [0.15, 0.2) is 0 Å². The average Bonchev–Trinajstić information content (AvgIpc) is 2.04. The van der Waals surface area contributed by atoms with E-state index in [0.717, 1.165) is 0 Å². The molecule has 0 saturated heterocycles. The van der Waals surface area contributed by atoms with Gasteiger partial charge in [0.2, 0.25) is 0 Å². The van der Waals surface area contributed by atoms with Crippen molar-refractivity contribution < 1.29 is 26.9 Å². The van der Waals surface area contributed by atoms with Crippen molar-refractivity contribution in [3.05, 3.63) is 35.6 Å². The summed E-state index contributed by atoms with van der Waals surface area (Å²) < 4.78 is 17.5. The van der Waals surface area contributed by atoms with E-state index in [1.807, 2.05) is 0 Å². The maximum absolute atomic E-state index is 12.8. The molecule has 0 bridgehead atoms. The van der Waals surface area contributed by atoms with Crippen molar-refractivity contribution in [1.29, 1.82) is 0 Å². The van der Waals surface area contributed by atoms with Crippen LogP contribution in [0.3, 0.4) is 0 Å². The van der Waals surface area contributed by atoms with Crippen molar-refractivity contribution in [1.82, 2.24) is 0 Å². The Morgan fingerprint density at radius 1 is 1.42 bits per heavy atom. The molecular formula is C8H9ClFNO. The number of hydrogen-bond donors (Lipinski definition) is 1. The molecule has 0 aliphatic carbocycles. The van der Waals surface area contributed by atoms with Gasteiger partial charge in [-0.3, -0.25) is 0 Å². The standard InChI is InChI=1S/C8H8FNO.ClH/c1-11-8(10)6-4-2-3-5-7(6)9;/h2-5,10H,1H3;1H. The first-order chi connectivity index (χ1) is 5.25. The molecule has 0 fully saturated rings. The number of rotatable bonds is 1. The Morgan fingerprint density at radius 2 is 2.00 bits per heavy atom. The lowest BCUT2D eigenvalue weighted by Gasteiger charge is -1.96. The molecule has 0 heterocycles. The van der Waals surface area contributed by atoms with Gasteiger partial charge < -0.3 is 17.1 Å². The van der Waals surface area contributed by atoms with Crippen LogP contribution >= 0.6 is 0 Å². The summed E-state index contributed by atoms with van der Waals surface area (Å²) in [6, 6.07) is 6.20. The van der Waals surface area contributed by atoms with Crippen molar-refractivity contribution in [3.8, 4) is 0 Å². The minimum atomic E-state index is -0.369. The first-order valence-electron chi connectivity index (χ1n) is 3.17. The first kappa shape index (κ1) is 10.9. The Balaban J connectivity index is 0.00000121. The van der Waals surface area contributed by atoms with E-state index >= 15 is 0 Å². The highest BCUT2D eigenvalue weighted by Crippen LogP contribution is 2.05. The number of halogens is 2. The van der Waals surface area contributed by atoms with Gasteiger partial charge in [-0.1, -0.05) is 12.1 Å². The highest BCUT2D eigenvalue weighted by Gasteiger charge is 2.10. The van der Waals surface area contributed by atoms with Crippen molar-refractivity contribution >= 4 is 5.90 Å². The molecule has 0 aliphatic heterocycles. The Bertz CT molecular complexity index is 278. The lowest BCUT2D eigenvalue weighted by Crippen LogP contribution is -3.00. The summed E-state index contributed by atoms with van der Waals surface area (Å²) in [6.45, 7) is 0. The third-order valence-electron chi connectivity index (χ3n) is 1.36. The van der Waals surface area contributed by atoms with Crippen LogP contribution in [0.15, 0.2) is 24.3 Å². The lowest BCUT2D eigenvalue weighted by molar-refractivity contribution is -0.135. The Hall–Kier alpha value is -1.09. The SMILES string of the molecule is COC(=[NH2+])c1ccccc1F.[Cl-]. The highest BCUT2D eigenvalue weighted by molar-refractivity contribution is 5.89. The molecule has 0 spiro atoms. The quantitative estimate of drug-likeness (QED) is 0.371. The smallest absolute Gasteiger partial charge is 0.369 e. The average molecular weight is 190 g/mol. The van der Waals surface area contributed by atoms with E-state index in [0.29, 0.717) is 5.56 Å². The van der Waals surface area contributed by atoms with Crippen LogP contribution < -0.4 is 17.8 Å². The highest BCUT2D eigenvalue weighted by atomic mass is 35.5. The fraction of sp³-hybridized carbons (Fsp3) is 0.125. The number of hydrogen-bond acceptors (Lipinski definition) is 1. The third kappa shape index (κ3) is 2.20. The summed E-state index contributed by atoms with van der Waals surface area (Å²) >= 11 is 0. The Labute approximate surface area is 76.3 Å². The third-order valence-corrected chi connectivity index (χ3v) is 1.36. The number of methoxy groups -OCH3 is 1. The Morgan fingerprint density at radius 3 is 2.50 bits per heavy atom. The molecule has 0 atom stereocenters. The van der Waals surface area contributed by atoms with E-state index < -0.39 is 0 Å². The van der Waals surface area contributed by atoms with Crippen molar-refractivity contribution in [2.45, 2.75) is 0 Å². The maximum Gasteiger partial charge on any atom is 0.369 e. The predicted octanol–water partition coefficient (Wildman–Crippen LogP) is -3.02. The monoisotopic (exact) mass is 189 g/mol. The fourth-order valence-corrected chi connectivity index (χ4v) is 0.771. The van der Waals surface area contributed by atoms with Gasteiger partial charge in [-0.05, 0) is 12.1 Å². The molecule has 0 unspecified atom stereocenters. The molecule has 12 heavy (non-hydrogen) atoms. The largest absolute Gasteiger partial charge is 1.00 e. The summed E-state index contributed by atoms with van der Waals surface area (Å²) in [4.78, 5) is 0. The van der Waals surface area contributed by atoms with E-state index in [4.69, 9.17) is 5.41 Å². The summed E-state index contributed by atoms with van der Waals surface area (Å²) in [6.07, 6.45) is 0. The second-order valence-corrected chi connectivity index (χ2v) is 2.05. The zero-order valence-corrected chi connectivity index (χ0v) is 7.31. The van der Waals surface area contributed by atoms with Gasteiger partial charge >= 0.3 is 5.90 Å². The molecule has 0 amide bonds. The summed E-state index contributed by atoms with van der Waals surface area (Å²) in [5, 5.41) is 5.35. The van der Waals surface area contributed by atoms with Crippen LogP contribution in [-0.4, -0.2) is 13.0 Å². The van der Waals surface area contributed by atoms with Gasteiger partial charge in [-0.25, -0.2) is 9.80 Å². The van der Waals surface area contributed by atoms with E-state index in [1.54, 1.807) is 18.2 Å². The van der Waals surface area contributed by atoms with Gasteiger partial charge in [-0.15, -0.1) is 0 Å². The molecule has 1 rings (SSSR count). The van der Waals surface area contributed by atoms with E-state index in [1.165, 1.54) is 13.2 Å². The molecule has 0 radical (unpaired) electrons. The first-order valence-corrected chi connectivity index (χ1v) is 3.17. The molecule has 0 aromatic heterocycles. The van der Waals surface area contributed by atoms with Crippen LogP contribution in [0.1, 0.15) is 5.56 Å². The minimum Gasteiger partial charge on any atom is -1.00 e. The summed E-state index contributed by atoms with van der Waals surface area (Å²) in [5.41, 5.74) is 0.301. The number of benzene rings is 1. The second-order valence-electron chi connectivity index (χ2n) is 2.05. The number of ether oxygens (including phenoxy) is 1. The van der Waals surface area contributed by atoms with Gasteiger partial charge in [0.1, 0.15) is 11.4 Å². The molecule has 4 heteroatoms. The molecule has 2 nitrogen and oxygen atoms in total. The zero-order valence-electron chi connectivity index (χ0n) is 6.55. The van der Waals surface area contributed by atoms with Crippen molar-refractivity contribution in [2.24, 2.45) is 0 Å². The minimum absolute atomic E-state index is 0. The lowest BCUT2D eigenvalue weighted by atomic mass is 10.2. The summed E-state index contributed by atoms with van der Waals surface area (Å²) in [5.74, 6) is -0.269. The van der Waals surface area contributed by atoms with Gasteiger partial charge in [0.25, 0.3) is 0 Å². The molecule has 1 aromatic carbocycles. The van der Waals surface area contributed by atoms with Gasteiger partial charge in [0.05, 0.1) is 7.11 Å². The van der Waals surface area contributed by atoms with Crippen molar-refractivity contribution in [2.75, 3.05) is 7.11 Å². The number of nitrogens with two attached hydrogens (primary N) is 1. The molecule has 0 aliphatic rings. The van der Waals surface area contributed by atoms with Crippen LogP contribution in [0.25, 0.3) is 0 Å². The van der Waals surface area contributed by atoms with E-state index in [9.17, 15) is 4.39 Å². The summed E-state index contributed by atoms with van der Waals surface area (Å²) in [7, 11) is 1.40. The van der Waals surface area contributed by atoms with Crippen LogP contribution in [0, 0.1) is 5.82 Å². The molecule has 66 valence electrons. The second kappa shape index (κ2) is 4.72. The van der Waals surface area contributed by atoms with Crippen LogP contribution in [0.4, 0.5) is 4.39 Å².